The molecule has 3 amide bonds. The van der Waals surface area contributed by atoms with Crippen LogP contribution in [0.2, 0.25) is 0 Å². The zero-order chi connectivity index (χ0) is 17.1. The maximum Gasteiger partial charge on any atom is 0.315 e. The van der Waals surface area contributed by atoms with Gasteiger partial charge in [-0.3, -0.25) is 4.79 Å². The van der Waals surface area contributed by atoms with E-state index in [9.17, 15) is 14.0 Å². The summed E-state index contributed by atoms with van der Waals surface area (Å²) in [6.07, 6.45) is 4.75. The van der Waals surface area contributed by atoms with Gasteiger partial charge in [0.15, 0.2) is 0 Å². The van der Waals surface area contributed by atoms with Crippen molar-refractivity contribution in [2.75, 3.05) is 11.4 Å². The molecule has 2 N–H and O–H groups in total. The van der Waals surface area contributed by atoms with E-state index in [4.69, 9.17) is 0 Å². The average molecular weight is 333 g/mol. The predicted octanol–water partition coefficient (Wildman–Crippen LogP) is 2.81. The van der Waals surface area contributed by atoms with Crippen LogP contribution in [0.5, 0.6) is 0 Å². The van der Waals surface area contributed by atoms with Crippen molar-refractivity contribution in [3.05, 3.63) is 30.1 Å². The lowest BCUT2D eigenvalue weighted by Crippen LogP contribution is -2.49. The number of carbonyl (C=O) groups is 2. The van der Waals surface area contributed by atoms with Gasteiger partial charge in [-0.1, -0.05) is 25.8 Å². The fourth-order valence-corrected chi connectivity index (χ4v) is 3.62. The Morgan fingerprint density at radius 2 is 2.04 bits per heavy atom. The van der Waals surface area contributed by atoms with Gasteiger partial charge >= 0.3 is 6.03 Å². The lowest BCUT2D eigenvalue weighted by Gasteiger charge is -2.30. The molecule has 0 bridgehead atoms. The van der Waals surface area contributed by atoms with Gasteiger partial charge in [-0.05, 0) is 37.0 Å². The summed E-state index contributed by atoms with van der Waals surface area (Å²) in [5.74, 6) is 0.0103. The van der Waals surface area contributed by atoms with Crippen LogP contribution >= 0.6 is 0 Å². The van der Waals surface area contributed by atoms with Gasteiger partial charge in [0, 0.05) is 24.7 Å². The molecule has 130 valence electrons. The highest BCUT2D eigenvalue weighted by molar-refractivity contribution is 5.96. The van der Waals surface area contributed by atoms with E-state index in [2.05, 4.69) is 17.6 Å². The Morgan fingerprint density at radius 3 is 2.79 bits per heavy atom. The normalized spacial score (nSPS) is 27.2. The number of hydrogen-bond acceptors (Lipinski definition) is 2. The third-order valence-electron chi connectivity index (χ3n) is 5.01. The summed E-state index contributed by atoms with van der Waals surface area (Å²) in [7, 11) is 0. The second-order valence-corrected chi connectivity index (χ2v) is 6.87. The summed E-state index contributed by atoms with van der Waals surface area (Å²) in [5.41, 5.74) is 0.533. The highest BCUT2D eigenvalue weighted by Crippen LogP contribution is 2.24. The van der Waals surface area contributed by atoms with Gasteiger partial charge in [0.1, 0.15) is 5.82 Å². The first-order chi connectivity index (χ1) is 11.5. The largest absolute Gasteiger partial charge is 0.335 e. The van der Waals surface area contributed by atoms with Crippen LogP contribution in [0, 0.1) is 11.7 Å². The number of nitrogens with one attached hydrogen (secondary N) is 2. The molecule has 3 atom stereocenters. The summed E-state index contributed by atoms with van der Waals surface area (Å²) in [6.45, 7) is 2.53. The Morgan fingerprint density at radius 1 is 1.25 bits per heavy atom. The fraction of sp³-hybridized carbons (Fsp3) is 0.556. The van der Waals surface area contributed by atoms with E-state index in [1.807, 2.05) is 0 Å². The number of rotatable bonds is 3. The van der Waals surface area contributed by atoms with Crippen LogP contribution in [-0.4, -0.2) is 30.6 Å². The molecular weight excluding hydrogens is 309 g/mol. The molecule has 1 aliphatic carbocycles. The maximum atomic E-state index is 13.3. The molecule has 0 spiro atoms. The second-order valence-electron chi connectivity index (χ2n) is 6.87. The summed E-state index contributed by atoms with van der Waals surface area (Å²) >= 11 is 0. The number of urea groups is 1. The highest BCUT2D eigenvalue weighted by Gasteiger charge is 2.32. The summed E-state index contributed by atoms with van der Waals surface area (Å²) in [6, 6.07) is 5.70. The third-order valence-corrected chi connectivity index (χ3v) is 5.01. The number of hydrogen-bond donors (Lipinski definition) is 2. The number of benzene rings is 1. The fourth-order valence-electron chi connectivity index (χ4n) is 3.62. The van der Waals surface area contributed by atoms with Gasteiger partial charge in [0.25, 0.3) is 0 Å². The first kappa shape index (κ1) is 16.7. The predicted molar refractivity (Wildman–Crippen MR) is 90.2 cm³/mol. The van der Waals surface area contributed by atoms with Gasteiger partial charge in [0.05, 0.1) is 6.04 Å². The minimum Gasteiger partial charge on any atom is -0.335 e. The third kappa shape index (κ3) is 3.86. The molecule has 1 aromatic carbocycles. The smallest absolute Gasteiger partial charge is 0.315 e. The van der Waals surface area contributed by atoms with Crippen molar-refractivity contribution in [3.8, 4) is 0 Å². The average Bonchev–Trinajstić information content (AvgIpc) is 2.90. The molecule has 1 aromatic rings. The molecule has 6 heteroatoms. The van der Waals surface area contributed by atoms with Crippen LogP contribution in [0.4, 0.5) is 14.9 Å². The van der Waals surface area contributed by atoms with E-state index < -0.39 is 0 Å². The first-order valence-electron chi connectivity index (χ1n) is 8.66. The molecule has 3 rings (SSSR count). The van der Waals surface area contributed by atoms with Crippen LogP contribution in [0.15, 0.2) is 24.3 Å². The molecule has 5 nitrogen and oxygen atoms in total. The van der Waals surface area contributed by atoms with Crippen LogP contribution in [0.1, 0.15) is 39.0 Å². The molecule has 0 radical (unpaired) electrons. The standard InChI is InChI=1S/C18H24FN3O2/c1-12-5-2-3-8-16(12)21-18(24)20-14-10-17(23)22(11-14)15-7-4-6-13(19)9-15/h4,6-7,9,12,14,16H,2-3,5,8,10-11H2,1H3,(H2,20,21,24). The number of carbonyl (C=O) groups excluding carboxylic acids is 2. The van der Waals surface area contributed by atoms with Crippen LogP contribution in [-0.2, 0) is 4.79 Å². The molecule has 1 heterocycles. The molecule has 1 saturated heterocycles. The summed E-state index contributed by atoms with van der Waals surface area (Å²) in [4.78, 5) is 25.9. The van der Waals surface area contributed by atoms with E-state index in [0.29, 0.717) is 18.2 Å². The van der Waals surface area contributed by atoms with Crippen molar-refractivity contribution >= 4 is 17.6 Å². The van der Waals surface area contributed by atoms with Crippen molar-refractivity contribution < 1.29 is 14.0 Å². The van der Waals surface area contributed by atoms with Crippen molar-refractivity contribution in [2.45, 2.75) is 51.1 Å². The van der Waals surface area contributed by atoms with E-state index in [1.165, 1.54) is 23.5 Å². The van der Waals surface area contributed by atoms with E-state index in [-0.39, 0.29) is 36.3 Å². The van der Waals surface area contributed by atoms with Gasteiger partial charge < -0.3 is 15.5 Å². The Balaban J connectivity index is 1.55. The number of nitrogens with zero attached hydrogens (tertiary/aromatic N) is 1. The Kier molecular flexibility index (Phi) is 5.02. The van der Waals surface area contributed by atoms with Crippen molar-refractivity contribution in [3.63, 3.8) is 0 Å². The van der Waals surface area contributed by atoms with Crippen molar-refractivity contribution in [1.29, 1.82) is 0 Å². The zero-order valence-corrected chi connectivity index (χ0v) is 13.9. The van der Waals surface area contributed by atoms with Gasteiger partial charge in [0.2, 0.25) is 5.91 Å². The number of halogens is 1. The zero-order valence-electron chi connectivity index (χ0n) is 13.9. The number of amides is 3. The molecule has 3 unspecified atom stereocenters. The molecule has 0 aromatic heterocycles. The van der Waals surface area contributed by atoms with Gasteiger partial charge in [-0.2, -0.15) is 0 Å². The van der Waals surface area contributed by atoms with Crippen LogP contribution in [0.3, 0.4) is 0 Å². The van der Waals surface area contributed by atoms with Crippen LogP contribution < -0.4 is 15.5 Å². The molecule has 2 fully saturated rings. The van der Waals surface area contributed by atoms with E-state index in [0.717, 1.165) is 19.3 Å². The minimum absolute atomic E-state index is 0.100. The Hall–Kier alpha value is -2.11. The molecule has 1 saturated carbocycles. The lowest BCUT2D eigenvalue weighted by molar-refractivity contribution is -0.117. The monoisotopic (exact) mass is 333 g/mol. The van der Waals surface area contributed by atoms with E-state index in [1.54, 1.807) is 12.1 Å². The minimum atomic E-state index is -0.374. The molecule has 2 aliphatic rings. The number of anilines is 1. The van der Waals surface area contributed by atoms with Gasteiger partial charge in [-0.15, -0.1) is 0 Å². The summed E-state index contributed by atoms with van der Waals surface area (Å²) < 4.78 is 13.3. The quantitative estimate of drug-likeness (QED) is 0.893. The summed E-state index contributed by atoms with van der Waals surface area (Å²) in [5, 5.41) is 5.92. The molecular formula is C18H24FN3O2. The highest BCUT2D eigenvalue weighted by atomic mass is 19.1. The topological polar surface area (TPSA) is 61.4 Å². The van der Waals surface area contributed by atoms with Crippen molar-refractivity contribution in [1.82, 2.24) is 10.6 Å². The molecule has 1 aliphatic heterocycles. The van der Waals surface area contributed by atoms with E-state index >= 15 is 0 Å². The lowest BCUT2D eigenvalue weighted by atomic mass is 9.86. The first-order valence-corrected chi connectivity index (χ1v) is 8.66. The van der Waals surface area contributed by atoms with Crippen LogP contribution in [0.25, 0.3) is 0 Å². The van der Waals surface area contributed by atoms with Gasteiger partial charge in [-0.25, -0.2) is 9.18 Å². The molecule has 24 heavy (non-hydrogen) atoms. The van der Waals surface area contributed by atoms with Crippen molar-refractivity contribution in [2.24, 2.45) is 5.92 Å². The SMILES string of the molecule is CC1CCCCC1NC(=O)NC1CC(=O)N(c2cccc(F)c2)C1. The Bertz CT molecular complexity index is 622. The maximum absolute atomic E-state index is 13.3. The Labute approximate surface area is 141 Å². The second kappa shape index (κ2) is 7.20.